The van der Waals surface area contributed by atoms with Crippen molar-refractivity contribution >= 4 is 84.1 Å². The normalized spacial score (nSPS) is 13.6. The third-order valence-corrected chi connectivity index (χ3v) is 7.41. The van der Waals surface area contributed by atoms with Gasteiger partial charge in [-0.2, -0.15) is 0 Å². The van der Waals surface area contributed by atoms with E-state index >= 15 is 0 Å². The number of carbonyl (C=O) groups excluding carboxylic acids is 2. The smallest absolute Gasteiger partial charge is 0.410 e. The van der Waals surface area contributed by atoms with Gasteiger partial charge >= 0.3 is 12.1 Å². The number of likely N-dealkylation sites (N-methyl/N-ethyl adjacent to an activating group) is 1. The fourth-order valence-corrected chi connectivity index (χ4v) is 4.89. The molecule has 0 saturated heterocycles. The fourth-order valence-electron chi connectivity index (χ4n) is 4.00. The molecule has 1 aromatic heterocycles. The van der Waals surface area contributed by atoms with Gasteiger partial charge < -0.3 is 29.7 Å². The minimum atomic E-state index is -0.584. The average Bonchev–Trinajstić information content (AvgIpc) is 3.66. The summed E-state index contributed by atoms with van der Waals surface area (Å²) in [5.74, 6) is 1.59. The number of amides is 3. The monoisotopic (exact) mass is 717 g/mol. The SMILES string of the molecule is C=NC1=C(C=NCCN(CCNC)C(=O)OC(C)(C)C)N(/C=C(\N=C)c2ccc(NC(=O)Nc3cc(C(C)(C)C)on3)cc2)CS1.SS. The molecular weight excluding hydrogens is 671 g/mol. The van der Waals surface area contributed by atoms with Gasteiger partial charge in [0.15, 0.2) is 5.82 Å². The largest absolute Gasteiger partial charge is 0.444 e. The molecule has 0 unspecified atom stereocenters. The zero-order valence-electron chi connectivity index (χ0n) is 28.6. The van der Waals surface area contributed by atoms with E-state index in [9.17, 15) is 9.59 Å². The lowest BCUT2D eigenvalue weighted by Gasteiger charge is -2.27. The van der Waals surface area contributed by atoms with Crippen molar-refractivity contribution in [1.29, 1.82) is 0 Å². The predicted molar refractivity (Wildman–Crippen MR) is 206 cm³/mol. The van der Waals surface area contributed by atoms with Crippen molar-refractivity contribution in [2.24, 2.45) is 15.0 Å². The molecule has 2 aromatic rings. The summed E-state index contributed by atoms with van der Waals surface area (Å²) in [6.07, 6.45) is 3.23. The van der Waals surface area contributed by atoms with E-state index in [4.69, 9.17) is 9.26 Å². The van der Waals surface area contributed by atoms with Gasteiger partial charge in [-0.25, -0.2) is 9.59 Å². The molecule has 1 aliphatic heterocycles. The molecule has 3 rings (SSSR count). The molecule has 0 atom stereocenters. The van der Waals surface area contributed by atoms with E-state index in [0.717, 1.165) is 16.3 Å². The van der Waals surface area contributed by atoms with Crippen LogP contribution in [0.4, 0.5) is 21.1 Å². The van der Waals surface area contributed by atoms with Crippen molar-refractivity contribution in [2.75, 3.05) is 49.7 Å². The van der Waals surface area contributed by atoms with E-state index in [1.807, 2.05) is 71.8 Å². The minimum absolute atomic E-state index is 0.221. The van der Waals surface area contributed by atoms with Crippen LogP contribution in [-0.4, -0.2) is 91.4 Å². The zero-order valence-corrected chi connectivity index (χ0v) is 31.2. The predicted octanol–water partition coefficient (Wildman–Crippen LogP) is 6.78. The maximum Gasteiger partial charge on any atom is 0.410 e. The van der Waals surface area contributed by atoms with Crippen LogP contribution in [0.2, 0.25) is 0 Å². The van der Waals surface area contributed by atoms with E-state index in [-0.39, 0.29) is 11.5 Å². The van der Waals surface area contributed by atoms with Crippen LogP contribution in [0.25, 0.3) is 5.70 Å². The molecule has 1 aromatic carbocycles. The van der Waals surface area contributed by atoms with Crippen LogP contribution in [0.15, 0.2) is 66.8 Å². The number of hydrogen-bond donors (Lipinski definition) is 5. The average molecular weight is 718 g/mol. The number of nitrogens with one attached hydrogen (secondary N) is 3. The lowest BCUT2D eigenvalue weighted by Crippen LogP contribution is -2.41. The van der Waals surface area contributed by atoms with Crippen molar-refractivity contribution < 1.29 is 18.8 Å². The van der Waals surface area contributed by atoms with Crippen LogP contribution >= 0.6 is 35.1 Å². The molecule has 13 nitrogen and oxygen atoms in total. The number of hydrogen-bond acceptors (Lipinski definition) is 13. The Morgan fingerprint density at radius 2 is 1.81 bits per heavy atom. The number of allylic oxidation sites excluding steroid dienone is 1. The van der Waals surface area contributed by atoms with Gasteiger partial charge in [0.2, 0.25) is 0 Å². The summed E-state index contributed by atoms with van der Waals surface area (Å²) >= 11 is 7.97. The maximum atomic E-state index is 12.7. The summed E-state index contributed by atoms with van der Waals surface area (Å²) in [6.45, 7) is 20.9. The Bertz CT molecular complexity index is 1480. The number of aromatic nitrogens is 1. The van der Waals surface area contributed by atoms with Gasteiger partial charge in [0.05, 0.1) is 23.8 Å². The molecular formula is C32H47N9O4S3. The van der Waals surface area contributed by atoms with Gasteiger partial charge in [-0.05, 0) is 53.4 Å². The molecule has 0 aliphatic carbocycles. The van der Waals surface area contributed by atoms with E-state index in [1.54, 1.807) is 29.3 Å². The number of ether oxygens (including phenoxy) is 1. The second kappa shape index (κ2) is 19.3. The molecule has 3 N–H and O–H groups in total. The maximum absolute atomic E-state index is 12.7. The van der Waals surface area contributed by atoms with Crippen LogP contribution < -0.4 is 16.0 Å². The van der Waals surface area contributed by atoms with Crippen molar-refractivity contribution in [3.8, 4) is 0 Å². The van der Waals surface area contributed by atoms with Gasteiger partial charge in [0.25, 0.3) is 0 Å². The Balaban J connectivity index is 0.00000392. The number of thiol groups is 2. The van der Waals surface area contributed by atoms with Crippen LogP contribution in [-0.2, 0) is 10.2 Å². The first-order valence-corrected chi connectivity index (χ1v) is 17.6. The number of thioether (sulfide) groups is 1. The highest BCUT2D eigenvalue weighted by Crippen LogP contribution is 2.33. The molecule has 262 valence electrons. The number of carbonyl (C=O) groups is 2. The van der Waals surface area contributed by atoms with E-state index in [1.165, 1.54) is 11.8 Å². The molecule has 16 heteroatoms. The molecule has 0 fully saturated rings. The Hall–Kier alpha value is -3.73. The minimum Gasteiger partial charge on any atom is -0.444 e. The van der Waals surface area contributed by atoms with Crippen molar-refractivity contribution in [3.63, 3.8) is 0 Å². The third kappa shape index (κ3) is 13.1. The standard InChI is InChI=1S/C32H45N9O4S.H2S2/c1-31(2,3)26-18-27(39-45-26)38-29(42)37-23-12-10-22(11-13-23)24(34-8)20-41-21-46-28(35-9)25(41)19-36-15-17-40(16-14-33-7)30(43)44-32(4,5)6;1-2/h10-13,18-20,33H,8-9,14-17,21H2,1-7H3,(H2,37,38,39,42);1-2H/b24-20-,36-19?;. The summed E-state index contributed by atoms with van der Waals surface area (Å²) in [4.78, 5) is 41.8. The second-order valence-electron chi connectivity index (χ2n) is 12.4. The van der Waals surface area contributed by atoms with Gasteiger partial charge in [-0.15, -0.1) is 23.3 Å². The molecule has 0 saturated carbocycles. The first-order valence-electron chi connectivity index (χ1n) is 15.0. The molecule has 0 spiro atoms. The Morgan fingerprint density at radius 1 is 1.12 bits per heavy atom. The molecule has 48 heavy (non-hydrogen) atoms. The lowest BCUT2D eigenvalue weighted by atomic mass is 9.93. The molecule has 0 radical (unpaired) electrons. The van der Waals surface area contributed by atoms with E-state index in [0.29, 0.717) is 55.0 Å². The van der Waals surface area contributed by atoms with Gasteiger partial charge in [-0.3, -0.25) is 20.3 Å². The fraction of sp³-hybridized carbons (Fsp3) is 0.438. The van der Waals surface area contributed by atoms with Crippen LogP contribution in [0.5, 0.6) is 0 Å². The topological polar surface area (TPSA) is 149 Å². The third-order valence-electron chi connectivity index (χ3n) is 6.39. The number of anilines is 2. The number of rotatable bonds is 13. The number of aliphatic imine (C=N–C) groups is 3. The zero-order chi connectivity index (χ0) is 35.9. The highest BCUT2D eigenvalue weighted by atomic mass is 33.1. The quantitative estimate of drug-likeness (QED) is 0.0866. The van der Waals surface area contributed by atoms with Crippen LogP contribution in [0.1, 0.15) is 52.9 Å². The van der Waals surface area contributed by atoms with Gasteiger partial charge in [-0.1, -0.05) is 49.8 Å². The summed E-state index contributed by atoms with van der Waals surface area (Å²) in [5.41, 5.74) is 1.96. The highest BCUT2D eigenvalue weighted by Gasteiger charge is 2.23. The summed E-state index contributed by atoms with van der Waals surface area (Å²) in [6, 6.07) is 8.49. The van der Waals surface area contributed by atoms with Crippen LogP contribution in [0.3, 0.4) is 0 Å². The Kier molecular flexibility index (Phi) is 16.3. The second-order valence-corrected chi connectivity index (χ2v) is 13.3. The van der Waals surface area contributed by atoms with Crippen molar-refractivity contribution in [3.05, 3.63) is 58.6 Å². The molecule has 0 bridgehead atoms. The van der Waals surface area contributed by atoms with E-state index in [2.05, 4.69) is 72.8 Å². The number of benzene rings is 1. The van der Waals surface area contributed by atoms with Crippen molar-refractivity contribution in [1.82, 2.24) is 20.3 Å². The number of nitrogens with zero attached hydrogens (tertiary/aromatic N) is 6. The number of urea groups is 1. The Morgan fingerprint density at radius 3 is 2.38 bits per heavy atom. The molecule has 3 amide bonds. The van der Waals surface area contributed by atoms with Crippen LogP contribution in [0, 0.1) is 0 Å². The first kappa shape index (κ1) is 40.4. The summed E-state index contributed by atoms with van der Waals surface area (Å²) < 4.78 is 10.9. The lowest BCUT2D eigenvalue weighted by molar-refractivity contribution is 0.0258. The summed E-state index contributed by atoms with van der Waals surface area (Å²) in [7, 11) is 1.84. The van der Waals surface area contributed by atoms with Gasteiger partial charge in [0, 0.05) is 54.8 Å². The Labute approximate surface area is 298 Å². The van der Waals surface area contributed by atoms with Crippen molar-refractivity contribution in [2.45, 2.75) is 52.6 Å². The molecule has 1 aliphatic rings. The molecule has 2 heterocycles. The van der Waals surface area contributed by atoms with Gasteiger partial charge in [0.1, 0.15) is 16.4 Å². The summed E-state index contributed by atoms with van der Waals surface area (Å²) in [5, 5.41) is 13.2. The van der Waals surface area contributed by atoms with E-state index < -0.39 is 11.6 Å². The highest BCUT2D eigenvalue weighted by molar-refractivity contribution is 8.59. The first-order chi connectivity index (χ1) is 22.7.